The first kappa shape index (κ1) is 17.8. The highest BCUT2D eigenvalue weighted by Gasteiger charge is 2.19. The van der Waals surface area contributed by atoms with E-state index in [0.29, 0.717) is 0 Å². The predicted molar refractivity (Wildman–Crippen MR) is 144 cm³/mol. The summed E-state index contributed by atoms with van der Waals surface area (Å²) in [6, 6.07) is 27.9. The van der Waals surface area contributed by atoms with E-state index >= 15 is 0 Å². The first-order chi connectivity index (χ1) is 16.3. The minimum absolute atomic E-state index is 0.0652. The summed E-state index contributed by atoms with van der Waals surface area (Å²) in [6.07, 6.45) is 0. The maximum absolute atomic E-state index is 13.4. The molecule has 0 aliphatic heterocycles. The van der Waals surface area contributed by atoms with Gasteiger partial charge in [0.25, 0.3) is 5.56 Å². The van der Waals surface area contributed by atoms with E-state index in [0.717, 1.165) is 38.0 Å². The smallest absolute Gasteiger partial charge is 0.263 e. The Bertz CT molecular complexity index is 2110. The van der Waals surface area contributed by atoms with E-state index in [-0.39, 0.29) is 5.56 Å². The molecular formula is C29H15NOS2. The number of rotatable bonds is 1. The van der Waals surface area contributed by atoms with E-state index in [4.69, 9.17) is 0 Å². The molecule has 33 heavy (non-hydrogen) atoms. The van der Waals surface area contributed by atoms with Gasteiger partial charge in [0.05, 0.1) is 11.0 Å². The van der Waals surface area contributed by atoms with Crippen LogP contribution < -0.4 is 5.56 Å². The van der Waals surface area contributed by atoms with Gasteiger partial charge < -0.3 is 0 Å². The fraction of sp³-hybridized carbons (Fsp3) is 0. The quantitative estimate of drug-likeness (QED) is 0.227. The van der Waals surface area contributed by atoms with Gasteiger partial charge in [-0.2, -0.15) is 0 Å². The van der Waals surface area contributed by atoms with E-state index in [9.17, 15) is 4.79 Å². The number of benzene rings is 4. The number of nitrogens with zero attached hydrogens (tertiary/aromatic N) is 1. The van der Waals surface area contributed by atoms with Crippen molar-refractivity contribution in [2.24, 2.45) is 0 Å². The summed E-state index contributed by atoms with van der Waals surface area (Å²) in [4.78, 5) is 13.4. The van der Waals surface area contributed by atoms with E-state index in [1.165, 1.54) is 31.3 Å². The van der Waals surface area contributed by atoms with Gasteiger partial charge in [0.1, 0.15) is 0 Å². The van der Waals surface area contributed by atoms with Crippen LogP contribution in [0.1, 0.15) is 0 Å². The Kier molecular flexibility index (Phi) is 3.34. The van der Waals surface area contributed by atoms with Crippen LogP contribution in [0.3, 0.4) is 0 Å². The lowest BCUT2D eigenvalue weighted by Gasteiger charge is -2.10. The highest BCUT2D eigenvalue weighted by molar-refractivity contribution is 7.25. The zero-order valence-corrected chi connectivity index (χ0v) is 19.0. The van der Waals surface area contributed by atoms with Crippen molar-refractivity contribution in [1.29, 1.82) is 0 Å². The molecule has 0 aliphatic rings. The van der Waals surface area contributed by atoms with Crippen molar-refractivity contribution in [3.05, 3.63) is 100.0 Å². The summed E-state index contributed by atoms with van der Waals surface area (Å²) in [5, 5.41) is 12.1. The lowest BCUT2D eigenvalue weighted by molar-refractivity contribution is 1.21. The molecule has 0 radical (unpaired) electrons. The van der Waals surface area contributed by atoms with Crippen molar-refractivity contribution in [2.75, 3.05) is 0 Å². The molecule has 4 heteroatoms. The molecule has 0 saturated heterocycles. The molecule has 0 atom stereocenters. The molecule has 0 fully saturated rings. The summed E-state index contributed by atoms with van der Waals surface area (Å²) in [5.74, 6) is 0. The van der Waals surface area contributed by atoms with Gasteiger partial charge in [-0.15, -0.1) is 22.7 Å². The second kappa shape index (κ2) is 6.19. The summed E-state index contributed by atoms with van der Waals surface area (Å²) in [5.41, 5.74) is 4.49. The van der Waals surface area contributed by atoms with Crippen molar-refractivity contribution in [1.82, 2.24) is 4.40 Å². The molecule has 2 nitrogen and oxygen atoms in total. The van der Waals surface area contributed by atoms with Gasteiger partial charge >= 0.3 is 0 Å². The first-order valence-corrected chi connectivity index (χ1v) is 12.6. The molecular weight excluding hydrogens is 442 g/mol. The molecule has 4 aromatic carbocycles. The molecule has 0 bridgehead atoms. The Labute approximate surface area is 195 Å². The topological polar surface area (TPSA) is 21.5 Å². The van der Waals surface area contributed by atoms with Crippen molar-refractivity contribution >= 4 is 80.8 Å². The standard InChI is InChI=1S/C29H15NOS2/c31-29-20-7-2-1-5-18(20)22-12-17(13-23-24-14-32-15-25(24)30(29)28(22)23)16-9-10-27-21(11-16)19-6-3-4-8-26(19)33-27/h1-15H. The van der Waals surface area contributed by atoms with Crippen LogP contribution in [0.5, 0.6) is 0 Å². The van der Waals surface area contributed by atoms with Crippen molar-refractivity contribution in [2.45, 2.75) is 0 Å². The zero-order valence-electron chi connectivity index (χ0n) is 17.3. The number of aromatic nitrogens is 1. The second-order valence-corrected chi connectivity index (χ2v) is 10.4. The lowest BCUT2D eigenvalue weighted by Crippen LogP contribution is -2.12. The third-order valence-corrected chi connectivity index (χ3v) is 8.75. The SMILES string of the molecule is O=c1c2ccccc2c2cc(-c3ccc4sc5ccccc5c4c3)cc3c4cscc4n1c23. The maximum Gasteiger partial charge on any atom is 0.263 e. The Morgan fingerprint density at radius 3 is 2.15 bits per heavy atom. The minimum atomic E-state index is 0.0652. The molecule has 0 amide bonds. The van der Waals surface area contributed by atoms with Crippen LogP contribution in [0.2, 0.25) is 0 Å². The molecule has 0 unspecified atom stereocenters. The summed E-state index contributed by atoms with van der Waals surface area (Å²) >= 11 is 3.49. The van der Waals surface area contributed by atoms with E-state index in [2.05, 4.69) is 71.4 Å². The third kappa shape index (κ3) is 2.24. The number of hydrogen-bond acceptors (Lipinski definition) is 3. The summed E-state index contributed by atoms with van der Waals surface area (Å²) in [6.45, 7) is 0. The fourth-order valence-corrected chi connectivity index (χ4v) is 7.28. The predicted octanol–water partition coefficient (Wildman–Crippen LogP) is 8.29. The molecule has 0 N–H and O–H groups in total. The molecule has 154 valence electrons. The van der Waals surface area contributed by atoms with Crippen LogP contribution in [0, 0.1) is 0 Å². The van der Waals surface area contributed by atoms with Gasteiger partial charge in [-0.1, -0.05) is 42.5 Å². The third-order valence-electron chi connectivity index (χ3n) is 6.87. The normalized spacial score (nSPS) is 12.4. The Balaban J connectivity index is 1.55. The number of thiophene rings is 2. The average Bonchev–Trinajstić information content (AvgIpc) is 3.55. The van der Waals surface area contributed by atoms with Gasteiger partial charge in [0, 0.05) is 52.5 Å². The molecule has 0 aliphatic carbocycles. The first-order valence-electron chi connectivity index (χ1n) is 10.9. The van der Waals surface area contributed by atoms with Crippen LogP contribution in [0.4, 0.5) is 0 Å². The number of pyridine rings is 1. The van der Waals surface area contributed by atoms with E-state index < -0.39 is 0 Å². The monoisotopic (exact) mass is 457 g/mol. The summed E-state index contributed by atoms with van der Waals surface area (Å²) in [7, 11) is 0. The van der Waals surface area contributed by atoms with Gasteiger partial charge in [0.15, 0.2) is 0 Å². The summed E-state index contributed by atoms with van der Waals surface area (Å²) < 4.78 is 4.54. The van der Waals surface area contributed by atoms with Gasteiger partial charge in [-0.3, -0.25) is 9.20 Å². The molecule has 4 heterocycles. The van der Waals surface area contributed by atoms with Gasteiger partial charge in [-0.05, 0) is 52.9 Å². The Morgan fingerprint density at radius 2 is 1.27 bits per heavy atom. The number of hydrogen-bond donors (Lipinski definition) is 0. The van der Waals surface area contributed by atoms with Crippen LogP contribution in [0.25, 0.3) is 69.3 Å². The highest BCUT2D eigenvalue weighted by atomic mass is 32.1. The van der Waals surface area contributed by atoms with Crippen LogP contribution in [0.15, 0.2) is 94.4 Å². The second-order valence-electron chi connectivity index (χ2n) is 8.59. The van der Waals surface area contributed by atoms with Gasteiger partial charge in [0.2, 0.25) is 0 Å². The fourth-order valence-electron chi connectivity index (χ4n) is 5.38. The van der Waals surface area contributed by atoms with E-state index in [1.54, 1.807) is 11.3 Å². The lowest BCUT2D eigenvalue weighted by atomic mass is 9.97. The largest absolute Gasteiger partial charge is 0.274 e. The number of fused-ring (bicyclic) bond motifs is 8. The highest BCUT2D eigenvalue weighted by Crippen LogP contribution is 2.41. The van der Waals surface area contributed by atoms with Crippen LogP contribution in [-0.2, 0) is 0 Å². The Morgan fingerprint density at radius 1 is 0.576 bits per heavy atom. The minimum Gasteiger partial charge on any atom is -0.274 e. The van der Waals surface area contributed by atoms with Crippen molar-refractivity contribution in [3.63, 3.8) is 0 Å². The van der Waals surface area contributed by atoms with Gasteiger partial charge in [-0.25, -0.2) is 0 Å². The van der Waals surface area contributed by atoms with E-state index in [1.807, 2.05) is 33.9 Å². The molecule has 8 rings (SSSR count). The molecule has 8 aromatic rings. The van der Waals surface area contributed by atoms with Crippen molar-refractivity contribution < 1.29 is 0 Å². The molecule has 4 aromatic heterocycles. The van der Waals surface area contributed by atoms with Crippen LogP contribution in [-0.4, -0.2) is 4.40 Å². The Hall–Kier alpha value is -3.73. The zero-order chi connectivity index (χ0) is 21.7. The van der Waals surface area contributed by atoms with Crippen LogP contribution >= 0.6 is 22.7 Å². The maximum atomic E-state index is 13.4. The van der Waals surface area contributed by atoms with Crippen molar-refractivity contribution in [3.8, 4) is 11.1 Å². The molecule has 0 spiro atoms. The molecule has 0 saturated carbocycles. The average molecular weight is 458 g/mol.